The SMILES string of the molecule is CCOC(=O)CCC(=O)N[C@@H](Cc1c(C)cccc1C)C(=O)O. The second-order valence-electron chi connectivity index (χ2n) is 5.34. The molecule has 0 saturated heterocycles. The molecule has 1 aromatic rings. The van der Waals surface area contributed by atoms with Crippen LogP contribution in [0.15, 0.2) is 18.2 Å². The molecule has 0 spiro atoms. The van der Waals surface area contributed by atoms with Crippen LogP contribution in [-0.4, -0.2) is 35.6 Å². The zero-order chi connectivity index (χ0) is 17.4. The van der Waals surface area contributed by atoms with Crippen molar-refractivity contribution in [1.29, 1.82) is 0 Å². The molecule has 6 nitrogen and oxygen atoms in total. The van der Waals surface area contributed by atoms with E-state index in [-0.39, 0.29) is 25.9 Å². The summed E-state index contributed by atoms with van der Waals surface area (Å²) in [5.74, 6) is -2.04. The van der Waals surface area contributed by atoms with Crippen molar-refractivity contribution in [1.82, 2.24) is 5.32 Å². The number of carbonyl (C=O) groups excluding carboxylic acids is 2. The summed E-state index contributed by atoms with van der Waals surface area (Å²) in [6.07, 6.45) is 0.0593. The van der Waals surface area contributed by atoms with Gasteiger partial charge in [-0.25, -0.2) is 4.79 Å². The van der Waals surface area contributed by atoms with Crippen LogP contribution >= 0.6 is 0 Å². The maximum Gasteiger partial charge on any atom is 0.326 e. The fourth-order valence-corrected chi connectivity index (χ4v) is 2.29. The minimum atomic E-state index is -1.10. The lowest BCUT2D eigenvalue weighted by Crippen LogP contribution is -2.42. The number of carboxylic acids is 1. The highest BCUT2D eigenvalue weighted by Crippen LogP contribution is 2.15. The maximum absolute atomic E-state index is 11.8. The minimum Gasteiger partial charge on any atom is -0.480 e. The highest BCUT2D eigenvalue weighted by Gasteiger charge is 2.22. The molecule has 0 aliphatic heterocycles. The van der Waals surface area contributed by atoms with Crippen LogP contribution < -0.4 is 5.32 Å². The van der Waals surface area contributed by atoms with Crippen LogP contribution in [0, 0.1) is 13.8 Å². The Balaban J connectivity index is 2.67. The van der Waals surface area contributed by atoms with Crippen LogP contribution in [0.4, 0.5) is 0 Å². The van der Waals surface area contributed by atoms with Gasteiger partial charge in [0.1, 0.15) is 6.04 Å². The summed E-state index contributed by atoms with van der Waals surface area (Å²) >= 11 is 0. The monoisotopic (exact) mass is 321 g/mol. The van der Waals surface area contributed by atoms with E-state index in [2.05, 4.69) is 5.32 Å². The number of carboxylic acid groups (broad SMARTS) is 1. The molecule has 0 bridgehead atoms. The van der Waals surface area contributed by atoms with E-state index in [1.165, 1.54) is 0 Å². The van der Waals surface area contributed by atoms with Gasteiger partial charge in [-0.1, -0.05) is 18.2 Å². The number of hydrogen-bond donors (Lipinski definition) is 2. The lowest BCUT2D eigenvalue weighted by Gasteiger charge is -2.17. The molecule has 0 unspecified atom stereocenters. The van der Waals surface area contributed by atoms with E-state index in [1.807, 2.05) is 32.0 Å². The third kappa shape index (κ3) is 6.10. The Morgan fingerprint density at radius 1 is 1.17 bits per heavy atom. The molecule has 0 aliphatic carbocycles. The number of aliphatic carboxylic acids is 1. The van der Waals surface area contributed by atoms with E-state index in [4.69, 9.17) is 4.74 Å². The third-order valence-corrected chi connectivity index (χ3v) is 3.55. The van der Waals surface area contributed by atoms with E-state index in [0.29, 0.717) is 0 Å². The summed E-state index contributed by atoms with van der Waals surface area (Å²) in [7, 11) is 0. The molecule has 0 saturated carbocycles. The molecule has 2 N–H and O–H groups in total. The Labute approximate surface area is 135 Å². The van der Waals surface area contributed by atoms with Crippen LogP contribution in [0.5, 0.6) is 0 Å². The van der Waals surface area contributed by atoms with Crippen LogP contribution in [0.3, 0.4) is 0 Å². The second kappa shape index (κ2) is 8.92. The molecular formula is C17H23NO5. The van der Waals surface area contributed by atoms with Gasteiger partial charge in [-0.2, -0.15) is 0 Å². The van der Waals surface area contributed by atoms with E-state index in [9.17, 15) is 19.5 Å². The molecule has 0 heterocycles. The highest BCUT2D eigenvalue weighted by molar-refractivity contribution is 5.86. The van der Waals surface area contributed by atoms with Gasteiger partial charge in [-0.15, -0.1) is 0 Å². The molecular weight excluding hydrogens is 298 g/mol. The Kier molecular flexibility index (Phi) is 7.25. The van der Waals surface area contributed by atoms with Crippen molar-refractivity contribution in [3.8, 4) is 0 Å². The van der Waals surface area contributed by atoms with Crippen molar-refractivity contribution in [3.05, 3.63) is 34.9 Å². The van der Waals surface area contributed by atoms with E-state index < -0.39 is 23.9 Å². The van der Waals surface area contributed by atoms with Gasteiger partial charge in [0.25, 0.3) is 0 Å². The van der Waals surface area contributed by atoms with Gasteiger partial charge in [0.15, 0.2) is 0 Å². The summed E-state index contributed by atoms with van der Waals surface area (Å²) in [5, 5.41) is 11.8. The predicted molar refractivity (Wildman–Crippen MR) is 85.1 cm³/mol. The zero-order valence-corrected chi connectivity index (χ0v) is 13.7. The minimum absolute atomic E-state index is 0.0601. The third-order valence-electron chi connectivity index (χ3n) is 3.55. The summed E-state index contributed by atoms with van der Waals surface area (Å²) in [6, 6.07) is 4.69. The van der Waals surface area contributed by atoms with Gasteiger partial charge in [-0.3, -0.25) is 9.59 Å². The van der Waals surface area contributed by atoms with Crippen molar-refractivity contribution < 1.29 is 24.2 Å². The first kappa shape index (κ1) is 18.7. The summed E-state index contributed by atoms with van der Waals surface area (Å²) < 4.78 is 4.74. The molecule has 126 valence electrons. The maximum atomic E-state index is 11.8. The quantitative estimate of drug-likeness (QED) is 0.712. The molecule has 0 fully saturated rings. The molecule has 0 aliphatic rings. The predicted octanol–water partition coefficient (Wildman–Crippen LogP) is 1.76. The van der Waals surface area contributed by atoms with Crippen LogP contribution in [0.25, 0.3) is 0 Å². The number of amides is 1. The first-order valence-corrected chi connectivity index (χ1v) is 7.58. The fraction of sp³-hybridized carbons (Fsp3) is 0.471. The molecule has 1 rings (SSSR count). The van der Waals surface area contributed by atoms with Crippen LogP contribution in [-0.2, 0) is 25.5 Å². The van der Waals surface area contributed by atoms with Gasteiger partial charge >= 0.3 is 11.9 Å². The summed E-state index contributed by atoms with van der Waals surface area (Å²) in [5.41, 5.74) is 2.87. The van der Waals surface area contributed by atoms with Crippen molar-refractivity contribution in [2.45, 2.75) is 46.1 Å². The van der Waals surface area contributed by atoms with Gasteiger partial charge in [-0.05, 0) is 37.5 Å². The Hall–Kier alpha value is -2.37. The summed E-state index contributed by atoms with van der Waals surface area (Å²) in [4.78, 5) is 34.5. The number of nitrogens with one attached hydrogen (secondary N) is 1. The number of aryl methyl sites for hydroxylation is 2. The van der Waals surface area contributed by atoms with E-state index in [0.717, 1.165) is 16.7 Å². The number of hydrogen-bond acceptors (Lipinski definition) is 4. The summed E-state index contributed by atoms with van der Waals surface area (Å²) in [6.45, 7) is 5.75. The second-order valence-corrected chi connectivity index (χ2v) is 5.34. The Morgan fingerprint density at radius 3 is 2.30 bits per heavy atom. The largest absolute Gasteiger partial charge is 0.480 e. The molecule has 1 aromatic carbocycles. The van der Waals surface area contributed by atoms with E-state index in [1.54, 1.807) is 6.92 Å². The molecule has 0 radical (unpaired) electrons. The van der Waals surface area contributed by atoms with Crippen molar-refractivity contribution in [2.75, 3.05) is 6.61 Å². The number of benzene rings is 1. The topological polar surface area (TPSA) is 92.7 Å². The Bertz CT molecular complexity index is 562. The zero-order valence-electron chi connectivity index (χ0n) is 13.7. The first-order valence-electron chi connectivity index (χ1n) is 7.58. The fourth-order valence-electron chi connectivity index (χ4n) is 2.29. The van der Waals surface area contributed by atoms with Gasteiger partial charge in [0.2, 0.25) is 5.91 Å². The molecule has 6 heteroatoms. The number of carbonyl (C=O) groups is 3. The molecule has 1 atom stereocenters. The van der Waals surface area contributed by atoms with Gasteiger partial charge < -0.3 is 15.2 Å². The molecule has 0 aromatic heterocycles. The lowest BCUT2D eigenvalue weighted by molar-refractivity contribution is -0.144. The van der Waals surface area contributed by atoms with Crippen LogP contribution in [0.2, 0.25) is 0 Å². The average Bonchev–Trinajstić information content (AvgIpc) is 2.48. The van der Waals surface area contributed by atoms with Gasteiger partial charge in [0, 0.05) is 12.8 Å². The number of esters is 1. The van der Waals surface area contributed by atoms with Crippen molar-refractivity contribution in [3.63, 3.8) is 0 Å². The van der Waals surface area contributed by atoms with E-state index >= 15 is 0 Å². The van der Waals surface area contributed by atoms with Crippen LogP contribution in [0.1, 0.15) is 36.5 Å². The normalized spacial score (nSPS) is 11.6. The lowest BCUT2D eigenvalue weighted by atomic mass is 9.96. The standard InChI is InChI=1S/C17H23NO5/c1-4-23-16(20)9-8-15(19)18-14(17(21)22)10-13-11(2)6-5-7-12(13)3/h5-7,14H,4,8-10H2,1-3H3,(H,18,19)(H,21,22)/t14-/m0/s1. The first-order chi connectivity index (χ1) is 10.8. The Morgan fingerprint density at radius 2 is 1.78 bits per heavy atom. The van der Waals surface area contributed by atoms with Crippen molar-refractivity contribution in [2.24, 2.45) is 0 Å². The molecule has 23 heavy (non-hydrogen) atoms. The van der Waals surface area contributed by atoms with Gasteiger partial charge in [0.05, 0.1) is 13.0 Å². The molecule has 1 amide bonds. The smallest absolute Gasteiger partial charge is 0.326 e. The number of ether oxygens (including phenoxy) is 1. The average molecular weight is 321 g/mol. The number of rotatable bonds is 8. The highest BCUT2D eigenvalue weighted by atomic mass is 16.5. The van der Waals surface area contributed by atoms with Crippen molar-refractivity contribution >= 4 is 17.8 Å².